The second kappa shape index (κ2) is 5.89. The number of aliphatic hydroxyl groups is 1. The van der Waals surface area contributed by atoms with Crippen LogP contribution in [0, 0.1) is 0 Å². The molecular weight excluding hydrogens is 186 g/mol. The summed E-state index contributed by atoms with van der Waals surface area (Å²) in [6.07, 6.45) is -0.222. The number of aliphatic hydroxyl groups excluding tert-OH is 1. The van der Waals surface area contributed by atoms with Crippen LogP contribution in [0.2, 0.25) is 0 Å². The van der Waals surface area contributed by atoms with E-state index < -0.39 is 0 Å². The summed E-state index contributed by atoms with van der Waals surface area (Å²) in [5.74, 6) is 0.598. The molecule has 1 rings (SSSR count). The molecule has 2 heteroatoms. The summed E-state index contributed by atoms with van der Waals surface area (Å²) >= 11 is 0. The maximum atomic E-state index is 9.12. The summed E-state index contributed by atoms with van der Waals surface area (Å²) in [5.41, 5.74) is 2.70. The smallest absolute Gasteiger partial charge is 0.102 e. The van der Waals surface area contributed by atoms with Crippen molar-refractivity contribution in [3.8, 4) is 0 Å². The van der Waals surface area contributed by atoms with Gasteiger partial charge in [0.2, 0.25) is 0 Å². The van der Waals surface area contributed by atoms with Gasteiger partial charge < -0.3 is 10.4 Å². The van der Waals surface area contributed by atoms with Crippen LogP contribution in [0.3, 0.4) is 0 Å². The van der Waals surface area contributed by atoms with Crippen LogP contribution in [0.5, 0.6) is 0 Å². The van der Waals surface area contributed by atoms with E-state index >= 15 is 0 Å². The van der Waals surface area contributed by atoms with E-state index in [-0.39, 0.29) is 6.10 Å². The molecule has 0 radical (unpaired) electrons. The van der Waals surface area contributed by atoms with E-state index in [9.17, 15) is 0 Å². The highest BCUT2D eigenvalue weighted by Gasteiger charge is 2.01. The van der Waals surface area contributed by atoms with Crippen LogP contribution in [-0.4, -0.2) is 17.8 Å². The van der Waals surface area contributed by atoms with Gasteiger partial charge in [0, 0.05) is 5.56 Å². The van der Waals surface area contributed by atoms with Gasteiger partial charge in [0.1, 0.15) is 13.1 Å². The van der Waals surface area contributed by atoms with Gasteiger partial charge in [-0.3, -0.25) is 0 Å². The second-order valence-electron chi connectivity index (χ2n) is 4.47. The molecule has 1 aromatic rings. The second-order valence-corrected chi connectivity index (χ2v) is 4.47. The summed E-state index contributed by atoms with van der Waals surface area (Å²) in [5, 5.41) is 11.3. The van der Waals surface area contributed by atoms with Crippen LogP contribution in [0.1, 0.15) is 37.8 Å². The van der Waals surface area contributed by atoms with Gasteiger partial charge in [-0.15, -0.1) is 0 Å². The SMILES string of the molecule is CC(C)c1ccc(C[NH2+]C[C@H](C)O)cc1. The molecule has 0 aliphatic carbocycles. The molecule has 0 heterocycles. The van der Waals surface area contributed by atoms with E-state index in [1.54, 1.807) is 0 Å². The third-order valence-corrected chi connectivity index (χ3v) is 2.53. The van der Waals surface area contributed by atoms with Gasteiger partial charge in [0.05, 0.1) is 6.10 Å². The van der Waals surface area contributed by atoms with Crippen molar-refractivity contribution in [2.45, 2.75) is 39.3 Å². The van der Waals surface area contributed by atoms with Crippen LogP contribution in [0.25, 0.3) is 0 Å². The van der Waals surface area contributed by atoms with E-state index in [1.807, 2.05) is 6.92 Å². The molecule has 0 aliphatic heterocycles. The molecule has 2 nitrogen and oxygen atoms in total. The number of hydrogen-bond donors (Lipinski definition) is 2. The third kappa shape index (κ3) is 4.45. The monoisotopic (exact) mass is 208 g/mol. The van der Waals surface area contributed by atoms with Gasteiger partial charge in [-0.25, -0.2) is 0 Å². The summed E-state index contributed by atoms with van der Waals surface area (Å²) in [4.78, 5) is 0. The Balaban J connectivity index is 2.43. The topological polar surface area (TPSA) is 36.8 Å². The predicted octanol–water partition coefficient (Wildman–Crippen LogP) is 1.25. The maximum Gasteiger partial charge on any atom is 0.102 e. The first-order valence-electron chi connectivity index (χ1n) is 5.68. The van der Waals surface area contributed by atoms with Crippen molar-refractivity contribution in [1.29, 1.82) is 0 Å². The molecule has 15 heavy (non-hydrogen) atoms. The fourth-order valence-electron chi connectivity index (χ4n) is 1.53. The highest BCUT2D eigenvalue weighted by atomic mass is 16.3. The minimum Gasteiger partial charge on any atom is -0.388 e. The van der Waals surface area contributed by atoms with Crippen molar-refractivity contribution >= 4 is 0 Å². The minimum absolute atomic E-state index is 0.222. The van der Waals surface area contributed by atoms with Crippen LogP contribution >= 0.6 is 0 Å². The molecule has 0 fully saturated rings. The van der Waals surface area contributed by atoms with E-state index in [0.717, 1.165) is 13.1 Å². The molecule has 0 aromatic heterocycles. The van der Waals surface area contributed by atoms with E-state index in [1.165, 1.54) is 11.1 Å². The molecule has 1 atom stereocenters. The Morgan fingerprint density at radius 2 is 1.73 bits per heavy atom. The first-order valence-corrected chi connectivity index (χ1v) is 5.68. The van der Waals surface area contributed by atoms with Crippen LogP contribution in [-0.2, 0) is 6.54 Å². The number of hydrogen-bond acceptors (Lipinski definition) is 1. The highest BCUT2D eigenvalue weighted by molar-refractivity contribution is 5.23. The zero-order valence-electron chi connectivity index (χ0n) is 9.90. The summed E-state index contributed by atoms with van der Waals surface area (Å²) in [6.45, 7) is 7.94. The fraction of sp³-hybridized carbons (Fsp3) is 0.538. The number of nitrogens with two attached hydrogens (primary N) is 1. The number of benzene rings is 1. The molecule has 0 spiro atoms. The minimum atomic E-state index is -0.222. The standard InChI is InChI=1S/C13H21NO/c1-10(2)13-6-4-12(5-7-13)9-14-8-11(3)15/h4-7,10-11,14-15H,8-9H2,1-3H3/p+1/t11-/m0/s1. The molecular formula is C13H22NO+. The zero-order chi connectivity index (χ0) is 11.3. The first kappa shape index (κ1) is 12.2. The Morgan fingerprint density at radius 1 is 1.13 bits per heavy atom. The molecule has 3 N–H and O–H groups in total. The quantitative estimate of drug-likeness (QED) is 0.751. The average Bonchev–Trinajstić information content (AvgIpc) is 2.18. The van der Waals surface area contributed by atoms with Crippen molar-refractivity contribution in [2.24, 2.45) is 0 Å². The van der Waals surface area contributed by atoms with Crippen molar-refractivity contribution in [3.05, 3.63) is 35.4 Å². The van der Waals surface area contributed by atoms with Crippen LogP contribution < -0.4 is 5.32 Å². The Labute approximate surface area is 92.3 Å². The average molecular weight is 208 g/mol. The predicted molar refractivity (Wildman–Crippen MR) is 62.7 cm³/mol. The molecule has 0 amide bonds. The molecule has 0 unspecified atom stereocenters. The zero-order valence-corrected chi connectivity index (χ0v) is 9.90. The summed E-state index contributed by atoms with van der Waals surface area (Å²) < 4.78 is 0. The van der Waals surface area contributed by atoms with Gasteiger partial charge >= 0.3 is 0 Å². The van der Waals surface area contributed by atoms with Crippen molar-refractivity contribution in [2.75, 3.05) is 6.54 Å². The fourth-order valence-corrected chi connectivity index (χ4v) is 1.53. The molecule has 0 bridgehead atoms. The lowest BCUT2D eigenvalue weighted by atomic mass is 10.0. The maximum absolute atomic E-state index is 9.12. The van der Waals surface area contributed by atoms with Gasteiger partial charge in [-0.1, -0.05) is 38.1 Å². The Bertz CT molecular complexity index is 277. The lowest BCUT2D eigenvalue weighted by molar-refractivity contribution is -0.676. The van der Waals surface area contributed by atoms with E-state index in [4.69, 9.17) is 5.11 Å². The molecule has 1 aromatic carbocycles. The van der Waals surface area contributed by atoms with Crippen molar-refractivity contribution in [3.63, 3.8) is 0 Å². The summed E-state index contributed by atoms with van der Waals surface area (Å²) in [6, 6.07) is 8.73. The van der Waals surface area contributed by atoms with E-state index in [0.29, 0.717) is 5.92 Å². The normalized spacial score (nSPS) is 13.1. The molecule has 0 saturated heterocycles. The van der Waals surface area contributed by atoms with Crippen LogP contribution in [0.15, 0.2) is 24.3 Å². The lowest BCUT2D eigenvalue weighted by Gasteiger charge is -2.07. The van der Waals surface area contributed by atoms with E-state index in [2.05, 4.69) is 43.4 Å². The number of rotatable bonds is 5. The van der Waals surface area contributed by atoms with Crippen molar-refractivity contribution < 1.29 is 10.4 Å². The molecule has 0 aliphatic rings. The van der Waals surface area contributed by atoms with Gasteiger partial charge in [-0.2, -0.15) is 0 Å². The lowest BCUT2D eigenvalue weighted by Crippen LogP contribution is -2.84. The molecule has 84 valence electrons. The largest absolute Gasteiger partial charge is 0.388 e. The van der Waals surface area contributed by atoms with Gasteiger partial charge in [0.15, 0.2) is 0 Å². The van der Waals surface area contributed by atoms with Crippen molar-refractivity contribution in [1.82, 2.24) is 0 Å². The Kier molecular flexibility index (Phi) is 4.79. The van der Waals surface area contributed by atoms with Gasteiger partial charge in [-0.05, 0) is 18.4 Å². The highest BCUT2D eigenvalue weighted by Crippen LogP contribution is 2.13. The Morgan fingerprint density at radius 3 is 2.20 bits per heavy atom. The van der Waals surface area contributed by atoms with Crippen LogP contribution in [0.4, 0.5) is 0 Å². The number of quaternary nitrogens is 1. The first-order chi connectivity index (χ1) is 7.09. The van der Waals surface area contributed by atoms with Gasteiger partial charge in [0.25, 0.3) is 0 Å². The summed E-state index contributed by atoms with van der Waals surface area (Å²) in [7, 11) is 0. The Hall–Kier alpha value is -0.860. The third-order valence-electron chi connectivity index (χ3n) is 2.53. The molecule has 0 saturated carbocycles.